The lowest BCUT2D eigenvalue weighted by Crippen LogP contribution is -2.60. The Morgan fingerprint density at radius 2 is 2.06 bits per heavy atom. The molecule has 182 valence electrons. The molecule has 2 aromatic rings. The predicted molar refractivity (Wildman–Crippen MR) is 125 cm³/mol. The molecule has 1 aliphatic heterocycles. The second-order valence-electron chi connectivity index (χ2n) is 9.47. The lowest BCUT2D eigenvalue weighted by Gasteiger charge is -2.37. The Morgan fingerprint density at radius 1 is 1.32 bits per heavy atom. The van der Waals surface area contributed by atoms with Crippen molar-refractivity contribution in [1.82, 2.24) is 15.2 Å². The van der Waals surface area contributed by atoms with Gasteiger partial charge in [-0.15, -0.1) is 0 Å². The van der Waals surface area contributed by atoms with Crippen molar-refractivity contribution in [2.45, 2.75) is 50.2 Å². The molecule has 10 nitrogen and oxygen atoms in total. The molecule has 0 spiro atoms. The monoisotopic (exact) mass is 469 g/mol. The summed E-state index contributed by atoms with van der Waals surface area (Å²) in [6.45, 7) is 2.23. The van der Waals surface area contributed by atoms with Crippen LogP contribution in [0.1, 0.15) is 49.1 Å². The minimum Gasteiger partial charge on any atom is -0.496 e. The fourth-order valence-electron chi connectivity index (χ4n) is 5.09. The maximum Gasteiger partial charge on any atom is 0.265 e. The molecule has 1 aromatic carbocycles. The minimum atomic E-state index is -1.23. The number of nitrogens with one attached hydrogen (secondary N) is 2. The Bertz CT molecular complexity index is 1140. The number of carbonyl (C=O) groups is 4. The molecule has 2 unspecified atom stereocenters. The summed E-state index contributed by atoms with van der Waals surface area (Å²) in [4.78, 5) is 49.8. The lowest BCUT2D eigenvalue weighted by atomic mass is 9.85. The third-order valence-corrected chi connectivity index (χ3v) is 7.10. The Labute approximate surface area is 197 Å². The highest BCUT2D eigenvalue weighted by atomic mass is 16.5. The van der Waals surface area contributed by atoms with E-state index in [2.05, 4.69) is 10.6 Å². The normalized spacial score (nSPS) is 21.5. The summed E-state index contributed by atoms with van der Waals surface area (Å²) in [6.07, 6.45) is 3.31. The zero-order chi connectivity index (χ0) is 24.6. The quantitative estimate of drug-likeness (QED) is 0.353. The Morgan fingerprint density at radius 3 is 2.59 bits per heavy atom. The predicted octanol–water partition coefficient (Wildman–Crippen LogP) is 0.627. The highest BCUT2D eigenvalue weighted by molar-refractivity contribution is 6.00. The molecule has 2 heterocycles. The summed E-state index contributed by atoms with van der Waals surface area (Å²) < 4.78 is 7.06. The number of primary amides is 2. The van der Waals surface area contributed by atoms with E-state index in [1.165, 1.54) is 7.11 Å². The molecule has 1 saturated carbocycles. The minimum absolute atomic E-state index is 0.0927. The number of aromatic nitrogens is 1. The van der Waals surface area contributed by atoms with Crippen LogP contribution in [0, 0.1) is 11.8 Å². The van der Waals surface area contributed by atoms with Crippen LogP contribution >= 0.6 is 0 Å². The van der Waals surface area contributed by atoms with Gasteiger partial charge in [0, 0.05) is 23.9 Å². The number of nitrogens with zero attached hydrogens (tertiary/aromatic N) is 1. The molecule has 0 radical (unpaired) electrons. The highest BCUT2D eigenvalue weighted by Gasteiger charge is 2.46. The largest absolute Gasteiger partial charge is 0.496 e. The van der Waals surface area contributed by atoms with Gasteiger partial charge in [-0.1, -0.05) is 6.07 Å². The van der Waals surface area contributed by atoms with Gasteiger partial charge in [0.05, 0.1) is 18.2 Å². The fourth-order valence-corrected chi connectivity index (χ4v) is 5.09. The molecule has 3 amide bonds. The van der Waals surface area contributed by atoms with Crippen molar-refractivity contribution in [3.8, 4) is 5.75 Å². The Balaban J connectivity index is 1.77. The maximum absolute atomic E-state index is 12.6. The van der Waals surface area contributed by atoms with Crippen LogP contribution < -0.4 is 26.8 Å². The van der Waals surface area contributed by atoms with Crippen LogP contribution in [0.5, 0.6) is 5.75 Å². The molecular formula is C24H31N5O5. The van der Waals surface area contributed by atoms with Gasteiger partial charge in [0.2, 0.25) is 11.8 Å². The molecule has 0 bridgehead atoms. The molecule has 2 fully saturated rings. The van der Waals surface area contributed by atoms with Crippen LogP contribution in [0.25, 0.3) is 10.9 Å². The van der Waals surface area contributed by atoms with Crippen molar-refractivity contribution in [1.29, 1.82) is 0 Å². The van der Waals surface area contributed by atoms with E-state index in [1.807, 2.05) is 0 Å². The van der Waals surface area contributed by atoms with Crippen molar-refractivity contribution < 1.29 is 23.9 Å². The number of methoxy groups -OCH3 is 1. The lowest BCUT2D eigenvalue weighted by molar-refractivity contribution is -0.127. The van der Waals surface area contributed by atoms with E-state index in [9.17, 15) is 19.2 Å². The van der Waals surface area contributed by atoms with Gasteiger partial charge >= 0.3 is 0 Å². The highest BCUT2D eigenvalue weighted by Crippen LogP contribution is 2.41. The Hall–Kier alpha value is -3.40. The van der Waals surface area contributed by atoms with Crippen molar-refractivity contribution >= 4 is 34.9 Å². The van der Waals surface area contributed by atoms with Crippen LogP contribution in [0.15, 0.2) is 24.3 Å². The van der Waals surface area contributed by atoms with Gasteiger partial charge in [0.25, 0.3) is 5.91 Å². The van der Waals surface area contributed by atoms with Gasteiger partial charge in [0.15, 0.2) is 0 Å². The number of rotatable bonds is 11. The number of fused-ring (bicyclic) bond motifs is 1. The van der Waals surface area contributed by atoms with E-state index in [4.69, 9.17) is 16.2 Å². The number of carbonyl (C=O) groups excluding carboxylic acids is 4. The molecule has 4 atom stereocenters. The van der Waals surface area contributed by atoms with Gasteiger partial charge in [-0.3, -0.25) is 19.7 Å². The molecule has 4 rings (SSSR count). The number of benzene rings is 1. The van der Waals surface area contributed by atoms with Crippen LogP contribution in [0.4, 0.5) is 0 Å². The van der Waals surface area contributed by atoms with E-state index < -0.39 is 29.4 Å². The first-order valence-electron chi connectivity index (χ1n) is 11.5. The average Bonchev–Trinajstić information content (AvgIpc) is 3.47. The summed E-state index contributed by atoms with van der Waals surface area (Å²) in [5.41, 5.74) is 11.1. The summed E-state index contributed by atoms with van der Waals surface area (Å²) >= 11 is 0. The van der Waals surface area contributed by atoms with E-state index >= 15 is 0 Å². The smallest absolute Gasteiger partial charge is 0.265 e. The number of hydrogen-bond acceptors (Lipinski definition) is 6. The topological polar surface area (TPSA) is 159 Å². The van der Waals surface area contributed by atoms with Gasteiger partial charge in [-0.25, -0.2) is 0 Å². The molecule has 1 aliphatic carbocycles. The summed E-state index contributed by atoms with van der Waals surface area (Å²) in [5.74, 6) is -1.10. The number of aldehydes is 1. The summed E-state index contributed by atoms with van der Waals surface area (Å²) in [6, 6.07) is 5.61. The van der Waals surface area contributed by atoms with Crippen LogP contribution in [-0.4, -0.2) is 53.8 Å². The first-order chi connectivity index (χ1) is 16.2. The van der Waals surface area contributed by atoms with E-state index in [1.54, 1.807) is 35.8 Å². The molecular weight excluding hydrogens is 438 g/mol. The van der Waals surface area contributed by atoms with Crippen molar-refractivity contribution in [2.75, 3.05) is 13.7 Å². The van der Waals surface area contributed by atoms with Crippen LogP contribution in [-0.2, 0) is 14.4 Å². The number of nitrogens with two attached hydrogens (primary N) is 2. The Kier molecular flexibility index (Phi) is 6.35. The summed E-state index contributed by atoms with van der Waals surface area (Å²) in [7, 11) is 1.53. The van der Waals surface area contributed by atoms with Crippen molar-refractivity contribution in [2.24, 2.45) is 23.3 Å². The van der Waals surface area contributed by atoms with Gasteiger partial charge < -0.3 is 30.9 Å². The van der Waals surface area contributed by atoms with E-state index in [-0.39, 0.29) is 29.9 Å². The standard InChI is InChI=1S/C24H31N5O5/c1-24(23(26)33,11-14-8-9-27-22(14)32)28-20(13-6-7-13)18(12-30)29-16-4-3-5-19(34-2)15(16)10-17(29)21(25)31/h3-5,10,12-14,18,20,28H,6-9,11H2,1-2H3,(H2,25,31)(H2,26,33)(H,27,32)/t14?,18-,20?,24+/m1/s1. The molecule has 2 aliphatic rings. The zero-order valence-corrected chi connectivity index (χ0v) is 19.4. The van der Waals surface area contributed by atoms with E-state index in [0.29, 0.717) is 29.6 Å². The third kappa shape index (κ3) is 4.25. The zero-order valence-electron chi connectivity index (χ0n) is 19.4. The van der Waals surface area contributed by atoms with Gasteiger partial charge in [0.1, 0.15) is 23.8 Å². The van der Waals surface area contributed by atoms with Gasteiger partial charge in [-0.05, 0) is 56.7 Å². The fraction of sp³-hybridized carbons (Fsp3) is 0.500. The SMILES string of the molecule is COc1cccc2c1cc(C(N)=O)n2[C@H](C=O)C(N[C@@](C)(CC1CCNC1=O)C(N)=O)C1CC1. The molecule has 1 aromatic heterocycles. The number of amides is 3. The van der Waals surface area contributed by atoms with Crippen LogP contribution in [0.2, 0.25) is 0 Å². The number of ether oxygens (including phenoxy) is 1. The molecule has 10 heteroatoms. The first-order valence-corrected chi connectivity index (χ1v) is 11.5. The maximum atomic E-state index is 12.6. The summed E-state index contributed by atoms with van der Waals surface area (Å²) in [5, 5.41) is 6.79. The second-order valence-corrected chi connectivity index (χ2v) is 9.47. The molecule has 6 N–H and O–H groups in total. The van der Waals surface area contributed by atoms with E-state index in [0.717, 1.165) is 19.1 Å². The first kappa shape index (κ1) is 23.7. The molecule has 1 saturated heterocycles. The average molecular weight is 470 g/mol. The van der Waals surface area contributed by atoms with Crippen molar-refractivity contribution in [3.63, 3.8) is 0 Å². The van der Waals surface area contributed by atoms with Gasteiger partial charge in [-0.2, -0.15) is 0 Å². The second kappa shape index (κ2) is 9.09. The number of hydrogen-bond donors (Lipinski definition) is 4. The van der Waals surface area contributed by atoms with Crippen LogP contribution in [0.3, 0.4) is 0 Å². The third-order valence-electron chi connectivity index (χ3n) is 7.10. The van der Waals surface area contributed by atoms with Crippen molar-refractivity contribution in [3.05, 3.63) is 30.0 Å². The molecule has 34 heavy (non-hydrogen) atoms.